The molecule has 1 aliphatic rings. The Hall–Kier alpha value is -1.26. The van der Waals surface area contributed by atoms with Crippen molar-refractivity contribution in [2.75, 3.05) is 13.7 Å². The summed E-state index contributed by atoms with van der Waals surface area (Å²) < 4.78 is 4.69. The number of halogens is 2. The van der Waals surface area contributed by atoms with Crippen LogP contribution < -0.4 is 0 Å². The fourth-order valence-electron chi connectivity index (χ4n) is 2.38. The predicted molar refractivity (Wildman–Crippen MR) is 76.7 cm³/mol. The summed E-state index contributed by atoms with van der Waals surface area (Å²) in [6, 6.07) is 5.12. The van der Waals surface area contributed by atoms with Crippen molar-refractivity contribution in [2.45, 2.75) is 19.4 Å². The molecule has 1 saturated heterocycles. The Labute approximate surface area is 127 Å². The average molecular weight is 316 g/mol. The molecule has 108 valence electrons. The Morgan fingerprint density at radius 2 is 2.10 bits per heavy atom. The van der Waals surface area contributed by atoms with Crippen LogP contribution in [0.25, 0.3) is 0 Å². The van der Waals surface area contributed by atoms with Crippen molar-refractivity contribution in [2.24, 2.45) is 5.92 Å². The van der Waals surface area contributed by atoms with Crippen molar-refractivity contribution in [3.63, 3.8) is 0 Å². The van der Waals surface area contributed by atoms with Crippen molar-refractivity contribution in [1.29, 1.82) is 0 Å². The van der Waals surface area contributed by atoms with Crippen LogP contribution in [0.2, 0.25) is 10.0 Å². The van der Waals surface area contributed by atoms with Crippen LogP contribution in [-0.2, 0) is 14.3 Å². The molecule has 1 heterocycles. The first kappa shape index (κ1) is 15.1. The number of likely N-dealkylation sites (tertiary alicyclic amines) is 1. The summed E-state index contributed by atoms with van der Waals surface area (Å²) in [4.78, 5) is 25.2. The van der Waals surface area contributed by atoms with E-state index in [1.54, 1.807) is 17.0 Å². The molecular formula is C14H15Cl2NO3. The van der Waals surface area contributed by atoms with E-state index < -0.39 is 5.92 Å². The van der Waals surface area contributed by atoms with Gasteiger partial charge in [-0.15, -0.1) is 0 Å². The van der Waals surface area contributed by atoms with Gasteiger partial charge >= 0.3 is 5.97 Å². The van der Waals surface area contributed by atoms with Gasteiger partial charge < -0.3 is 9.64 Å². The highest BCUT2D eigenvalue weighted by molar-refractivity contribution is 6.42. The van der Waals surface area contributed by atoms with E-state index in [0.29, 0.717) is 16.6 Å². The molecule has 0 N–H and O–H groups in total. The van der Waals surface area contributed by atoms with Crippen LogP contribution in [0.1, 0.15) is 24.9 Å². The van der Waals surface area contributed by atoms with Crippen molar-refractivity contribution in [3.05, 3.63) is 33.8 Å². The third kappa shape index (κ3) is 2.91. The van der Waals surface area contributed by atoms with Gasteiger partial charge in [0.25, 0.3) is 0 Å². The van der Waals surface area contributed by atoms with E-state index in [9.17, 15) is 9.59 Å². The van der Waals surface area contributed by atoms with Gasteiger partial charge in [0.15, 0.2) is 0 Å². The number of amides is 1. The number of hydrogen-bond acceptors (Lipinski definition) is 3. The lowest BCUT2D eigenvalue weighted by atomic mass is 10.1. The van der Waals surface area contributed by atoms with Crippen molar-refractivity contribution < 1.29 is 14.3 Å². The zero-order valence-electron chi connectivity index (χ0n) is 11.2. The molecule has 6 heteroatoms. The summed E-state index contributed by atoms with van der Waals surface area (Å²) in [6.07, 6.45) is 0.193. The smallest absolute Gasteiger partial charge is 0.310 e. The highest BCUT2D eigenvalue weighted by Crippen LogP contribution is 2.32. The van der Waals surface area contributed by atoms with Crippen LogP contribution in [0.3, 0.4) is 0 Å². The van der Waals surface area contributed by atoms with Crippen molar-refractivity contribution >= 4 is 35.1 Å². The van der Waals surface area contributed by atoms with E-state index in [4.69, 9.17) is 27.9 Å². The molecule has 1 fully saturated rings. The lowest BCUT2D eigenvalue weighted by molar-refractivity contribution is -0.145. The van der Waals surface area contributed by atoms with E-state index in [-0.39, 0.29) is 24.3 Å². The monoisotopic (exact) mass is 315 g/mol. The van der Waals surface area contributed by atoms with Crippen LogP contribution >= 0.6 is 23.2 Å². The lowest BCUT2D eigenvalue weighted by Crippen LogP contribution is -2.29. The molecule has 2 atom stereocenters. The minimum absolute atomic E-state index is 0.0565. The number of methoxy groups -OCH3 is 1. The highest BCUT2D eigenvalue weighted by atomic mass is 35.5. The maximum atomic E-state index is 12.0. The summed E-state index contributed by atoms with van der Waals surface area (Å²) in [5.41, 5.74) is 0.887. The molecule has 0 bridgehead atoms. The SMILES string of the molecule is COC(=O)C1CC(=O)N(C(C)c2ccc(Cl)c(Cl)c2)C1. The van der Waals surface area contributed by atoms with E-state index in [1.165, 1.54) is 7.11 Å². The molecule has 1 aromatic carbocycles. The number of benzene rings is 1. The van der Waals surface area contributed by atoms with Crippen LogP contribution in [0.4, 0.5) is 0 Å². The van der Waals surface area contributed by atoms with Gasteiger partial charge in [0, 0.05) is 13.0 Å². The van der Waals surface area contributed by atoms with Crippen LogP contribution in [0.15, 0.2) is 18.2 Å². The third-order valence-electron chi connectivity index (χ3n) is 3.59. The van der Waals surface area contributed by atoms with E-state index >= 15 is 0 Å². The third-order valence-corrected chi connectivity index (χ3v) is 4.33. The molecule has 0 saturated carbocycles. The summed E-state index contributed by atoms with van der Waals surface area (Å²) in [5, 5.41) is 0.926. The van der Waals surface area contributed by atoms with Gasteiger partial charge in [0.1, 0.15) is 0 Å². The minimum Gasteiger partial charge on any atom is -0.469 e. The number of ether oxygens (including phenoxy) is 1. The normalized spacial score (nSPS) is 20.1. The highest BCUT2D eigenvalue weighted by Gasteiger charge is 2.37. The predicted octanol–water partition coefficient (Wildman–Crippen LogP) is 3.08. The average Bonchev–Trinajstić information content (AvgIpc) is 2.82. The largest absolute Gasteiger partial charge is 0.469 e. The molecule has 20 heavy (non-hydrogen) atoms. The molecule has 2 rings (SSSR count). The van der Waals surface area contributed by atoms with Gasteiger partial charge in [-0.1, -0.05) is 29.3 Å². The lowest BCUT2D eigenvalue weighted by Gasteiger charge is -2.25. The Morgan fingerprint density at radius 3 is 2.70 bits per heavy atom. The molecule has 2 unspecified atom stereocenters. The molecule has 0 spiro atoms. The Kier molecular flexibility index (Phi) is 4.55. The second-order valence-corrected chi connectivity index (χ2v) is 5.63. The summed E-state index contributed by atoms with van der Waals surface area (Å²) >= 11 is 11.9. The first-order valence-corrected chi connectivity index (χ1v) is 7.02. The van der Waals surface area contributed by atoms with E-state index in [2.05, 4.69) is 0 Å². The van der Waals surface area contributed by atoms with Gasteiger partial charge in [-0.25, -0.2) is 0 Å². The van der Waals surface area contributed by atoms with Crippen LogP contribution in [-0.4, -0.2) is 30.4 Å². The minimum atomic E-state index is -0.391. The quantitative estimate of drug-likeness (QED) is 0.805. The molecule has 0 radical (unpaired) electrons. The number of carbonyl (C=O) groups excluding carboxylic acids is 2. The first-order chi connectivity index (χ1) is 9.43. The first-order valence-electron chi connectivity index (χ1n) is 6.26. The molecule has 4 nitrogen and oxygen atoms in total. The maximum Gasteiger partial charge on any atom is 0.310 e. The summed E-state index contributed by atoms with van der Waals surface area (Å²) in [6.45, 7) is 2.27. The number of hydrogen-bond donors (Lipinski definition) is 0. The summed E-state index contributed by atoms with van der Waals surface area (Å²) in [7, 11) is 1.33. The number of rotatable bonds is 3. The molecule has 0 aliphatic carbocycles. The van der Waals surface area contributed by atoms with Gasteiger partial charge in [-0.2, -0.15) is 0 Å². The fourth-order valence-corrected chi connectivity index (χ4v) is 2.69. The zero-order valence-corrected chi connectivity index (χ0v) is 12.7. The van der Waals surface area contributed by atoms with Crippen molar-refractivity contribution in [1.82, 2.24) is 4.90 Å². The molecule has 1 aliphatic heterocycles. The van der Waals surface area contributed by atoms with Gasteiger partial charge in [0.05, 0.1) is 29.1 Å². The summed E-state index contributed by atoms with van der Waals surface area (Å²) in [5.74, 6) is -0.793. The van der Waals surface area contributed by atoms with Gasteiger partial charge in [0.2, 0.25) is 5.91 Å². The topological polar surface area (TPSA) is 46.6 Å². The standard InChI is InChI=1S/C14H15Cl2NO3/c1-8(9-3-4-11(15)12(16)5-9)17-7-10(6-13(17)18)14(19)20-2/h3-5,8,10H,6-7H2,1-2H3. The Morgan fingerprint density at radius 1 is 1.40 bits per heavy atom. The maximum absolute atomic E-state index is 12.0. The van der Waals surface area contributed by atoms with E-state index in [0.717, 1.165) is 5.56 Å². The second kappa shape index (κ2) is 6.02. The van der Waals surface area contributed by atoms with Gasteiger partial charge in [-0.3, -0.25) is 9.59 Å². The van der Waals surface area contributed by atoms with Crippen LogP contribution in [0, 0.1) is 5.92 Å². The number of nitrogens with zero attached hydrogens (tertiary/aromatic N) is 1. The number of esters is 1. The zero-order chi connectivity index (χ0) is 14.9. The molecule has 1 aromatic rings. The molecule has 0 aromatic heterocycles. The van der Waals surface area contributed by atoms with Gasteiger partial charge in [-0.05, 0) is 24.6 Å². The Bertz CT molecular complexity index is 547. The second-order valence-electron chi connectivity index (χ2n) is 4.82. The molecular weight excluding hydrogens is 301 g/mol. The Balaban J connectivity index is 2.16. The van der Waals surface area contributed by atoms with Crippen molar-refractivity contribution in [3.8, 4) is 0 Å². The van der Waals surface area contributed by atoms with E-state index in [1.807, 2.05) is 13.0 Å². The number of carbonyl (C=O) groups is 2. The fraction of sp³-hybridized carbons (Fsp3) is 0.429. The van der Waals surface area contributed by atoms with Crippen LogP contribution in [0.5, 0.6) is 0 Å². The molecule has 1 amide bonds.